The van der Waals surface area contributed by atoms with Gasteiger partial charge in [-0.3, -0.25) is 14.2 Å². The van der Waals surface area contributed by atoms with Crippen LogP contribution in [0.1, 0.15) is 29.9 Å². The first-order valence-corrected chi connectivity index (χ1v) is 12.2. The van der Waals surface area contributed by atoms with Crippen LogP contribution in [0.3, 0.4) is 0 Å². The van der Waals surface area contributed by atoms with E-state index in [9.17, 15) is 9.59 Å². The molecule has 1 aliphatic heterocycles. The van der Waals surface area contributed by atoms with Gasteiger partial charge in [0, 0.05) is 17.8 Å². The Bertz CT molecular complexity index is 1390. The van der Waals surface area contributed by atoms with Gasteiger partial charge in [-0.05, 0) is 31.4 Å². The average molecular weight is 470 g/mol. The van der Waals surface area contributed by atoms with E-state index >= 15 is 0 Å². The smallest absolute Gasteiger partial charge is 0.263 e. The number of nitrogens with zero attached hydrogens (tertiary/aromatic N) is 4. The zero-order valence-electron chi connectivity index (χ0n) is 17.8. The Kier molecular flexibility index (Phi) is 5.31. The Hall–Kier alpha value is -2.69. The molecule has 8 nitrogen and oxygen atoms in total. The summed E-state index contributed by atoms with van der Waals surface area (Å²) in [7, 11) is 0. The number of primary amides is 1. The third kappa shape index (κ3) is 3.72. The van der Waals surface area contributed by atoms with Gasteiger partial charge in [0.1, 0.15) is 4.83 Å². The number of ether oxygens (including phenoxy) is 1. The van der Waals surface area contributed by atoms with Gasteiger partial charge in [-0.2, -0.15) is 0 Å². The third-order valence-corrected chi connectivity index (χ3v) is 7.74. The highest BCUT2D eigenvalue weighted by Gasteiger charge is 2.32. The van der Waals surface area contributed by atoms with E-state index in [2.05, 4.69) is 10.2 Å². The summed E-state index contributed by atoms with van der Waals surface area (Å²) >= 11 is 2.76. The van der Waals surface area contributed by atoms with Crippen molar-refractivity contribution in [2.24, 2.45) is 5.73 Å². The highest BCUT2D eigenvalue weighted by molar-refractivity contribution is 7.99. The van der Waals surface area contributed by atoms with Gasteiger partial charge in [-0.1, -0.05) is 42.1 Å². The first-order valence-electron chi connectivity index (χ1n) is 10.4. The number of amides is 1. The lowest BCUT2D eigenvalue weighted by Gasteiger charge is -2.29. The van der Waals surface area contributed by atoms with Crippen molar-refractivity contribution in [3.05, 3.63) is 56.7 Å². The molecular weight excluding hydrogens is 446 g/mol. The van der Waals surface area contributed by atoms with Crippen LogP contribution in [0.25, 0.3) is 16.0 Å². The van der Waals surface area contributed by atoms with Crippen LogP contribution in [0.5, 0.6) is 0 Å². The van der Waals surface area contributed by atoms with Gasteiger partial charge in [-0.15, -0.1) is 21.5 Å². The Morgan fingerprint density at radius 3 is 2.81 bits per heavy atom. The van der Waals surface area contributed by atoms with Crippen LogP contribution >= 0.6 is 23.1 Å². The van der Waals surface area contributed by atoms with Crippen molar-refractivity contribution in [2.75, 3.05) is 5.75 Å². The predicted molar refractivity (Wildman–Crippen MR) is 125 cm³/mol. The lowest BCUT2D eigenvalue weighted by Crippen LogP contribution is -2.32. The van der Waals surface area contributed by atoms with Crippen molar-refractivity contribution in [2.45, 2.75) is 50.6 Å². The maximum absolute atomic E-state index is 13.7. The van der Waals surface area contributed by atoms with Crippen molar-refractivity contribution >= 4 is 45.0 Å². The second-order valence-corrected chi connectivity index (χ2v) is 10.5. The van der Waals surface area contributed by atoms with Crippen molar-refractivity contribution < 1.29 is 9.53 Å². The van der Waals surface area contributed by atoms with Crippen molar-refractivity contribution in [3.8, 4) is 0 Å². The quantitative estimate of drug-likeness (QED) is 0.436. The van der Waals surface area contributed by atoms with E-state index in [1.54, 1.807) is 4.57 Å². The van der Waals surface area contributed by atoms with Gasteiger partial charge >= 0.3 is 0 Å². The number of thiophene rings is 1. The Balaban J connectivity index is 1.71. The molecule has 0 bridgehead atoms. The van der Waals surface area contributed by atoms with Crippen molar-refractivity contribution in [3.63, 3.8) is 0 Å². The monoisotopic (exact) mass is 469 g/mol. The predicted octanol–water partition coefficient (Wildman–Crippen LogP) is 2.78. The second kappa shape index (κ2) is 8.02. The second-order valence-electron chi connectivity index (χ2n) is 8.47. The van der Waals surface area contributed by atoms with E-state index in [1.165, 1.54) is 23.1 Å². The number of aryl methyl sites for hydroxylation is 2. The fraction of sp³-hybridized carbons (Fsp3) is 0.364. The van der Waals surface area contributed by atoms with Crippen LogP contribution in [-0.2, 0) is 35.5 Å². The summed E-state index contributed by atoms with van der Waals surface area (Å²) in [4.78, 5) is 27.0. The fourth-order valence-corrected chi connectivity index (χ4v) is 6.02. The molecule has 0 saturated heterocycles. The first kappa shape index (κ1) is 21.2. The molecule has 0 unspecified atom stereocenters. The molecule has 1 aliphatic rings. The minimum Gasteiger partial charge on any atom is -0.370 e. The van der Waals surface area contributed by atoms with Crippen LogP contribution in [-0.4, -0.2) is 36.4 Å². The lowest BCUT2D eigenvalue weighted by molar-refractivity contribution is -0.115. The molecule has 4 aromatic rings. The van der Waals surface area contributed by atoms with E-state index in [0.29, 0.717) is 42.3 Å². The average Bonchev–Trinajstić information content (AvgIpc) is 3.33. The van der Waals surface area contributed by atoms with Gasteiger partial charge in [0.2, 0.25) is 11.7 Å². The molecule has 2 N–H and O–H groups in total. The summed E-state index contributed by atoms with van der Waals surface area (Å²) in [5, 5.41) is 9.87. The maximum Gasteiger partial charge on any atom is 0.263 e. The number of carbonyl (C=O) groups is 1. The number of nitrogens with two attached hydrogens (primary N) is 1. The van der Waals surface area contributed by atoms with E-state index in [-0.39, 0.29) is 16.9 Å². The molecule has 1 amide bonds. The summed E-state index contributed by atoms with van der Waals surface area (Å²) in [5.41, 5.74) is 7.14. The molecule has 0 aliphatic carbocycles. The molecule has 10 heteroatoms. The van der Waals surface area contributed by atoms with Gasteiger partial charge < -0.3 is 10.5 Å². The van der Waals surface area contributed by atoms with E-state index in [0.717, 1.165) is 20.8 Å². The van der Waals surface area contributed by atoms with E-state index in [4.69, 9.17) is 10.5 Å². The minimum absolute atomic E-state index is 0.0579. The topological polar surface area (TPSA) is 105 Å². The van der Waals surface area contributed by atoms with Crippen molar-refractivity contribution in [1.29, 1.82) is 0 Å². The SMILES string of the molecule is CC1(C)Cc2c(sc3c2c(=O)n(CCc2ccccc2)c2nnc(SCC(N)=O)n32)CO1. The molecule has 3 aromatic heterocycles. The standard InChI is InChI=1S/C22H23N5O3S2/c1-22(2)10-14-15(11-30-22)32-19-17(14)18(29)26(9-8-13-6-4-3-5-7-13)20-24-25-21(27(19)20)31-12-16(23)28/h3-7H,8-12H2,1-2H3,(H2,23,28). The number of fused-ring (bicyclic) bond motifs is 5. The molecule has 4 heterocycles. The van der Waals surface area contributed by atoms with Crippen LogP contribution in [0.15, 0.2) is 40.3 Å². The number of thioether (sulfide) groups is 1. The number of benzene rings is 1. The fourth-order valence-electron chi connectivity index (χ4n) is 4.07. The van der Waals surface area contributed by atoms with Crippen LogP contribution in [0.2, 0.25) is 0 Å². The highest BCUT2D eigenvalue weighted by atomic mass is 32.2. The molecule has 0 saturated carbocycles. The highest BCUT2D eigenvalue weighted by Crippen LogP contribution is 2.38. The Morgan fingerprint density at radius 2 is 2.06 bits per heavy atom. The van der Waals surface area contributed by atoms with Crippen LogP contribution in [0.4, 0.5) is 0 Å². The summed E-state index contributed by atoms with van der Waals surface area (Å²) in [6.45, 7) is 5.03. The molecule has 0 radical (unpaired) electrons. The summed E-state index contributed by atoms with van der Waals surface area (Å²) < 4.78 is 9.59. The Morgan fingerprint density at radius 1 is 1.28 bits per heavy atom. The Labute approximate surface area is 192 Å². The van der Waals surface area contributed by atoms with Gasteiger partial charge in [-0.25, -0.2) is 4.40 Å². The molecule has 0 spiro atoms. The van der Waals surface area contributed by atoms with Crippen LogP contribution < -0.4 is 11.3 Å². The zero-order chi connectivity index (χ0) is 22.5. The number of aromatic nitrogens is 4. The van der Waals surface area contributed by atoms with E-state index in [1.807, 2.05) is 48.6 Å². The number of hydrogen-bond donors (Lipinski definition) is 1. The lowest BCUT2D eigenvalue weighted by atomic mass is 9.94. The normalized spacial score (nSPS) is 15.3. The number of carbonyl (C=O) groups excluding carboxylic acids is 1. The largest absolute Gasteiger partial charge is 0.370 e. The van der Waals surface area contributed by atoms with Gasteiger partial charge in [0.15, 0.2) is 5.16 Å². The zero-order valence-corrected chi connectivity index (χ0v) is 19.5. The van der Waals surface area contributed by atoms with Gasteiger partial charge in [0.25, 0.3) is 5.56 Å². The summed E-state index contributed by atoms with van der Waals surface area (Å²) in [5.74, 6) is 0.136. The molecule has 32 heavy (non-hydrogen) atoms. The summed E-state index contributed by atoms with van der Waals surface area (Å²) in [6.07, 6.45) is 1.35. The third-order valence-electron chi connectivity index (χ3n) is 5.60. The van der Waals surface area contributed by atoms with Crippen molar-refractivity contribution in [1.82, 2.24) is 19.2 Å². The minimum atomic E-state index is -0.430. The first-order chi connectivity index (χ1) is 15.3. The van der Waals surface area contributed by atoms with Crippen LogP contribution in [0, 0.1) is 0 Å². The molecule has 5 rings (SSSR count). The molecule has 0 atom stereocenters. The number of rotatable bonds is 6. The molecule has 1 aromatic carbocycles. The molecule has 0 fully saturated rings. The van der Waals surface area contributed by atoms with E-state index < -0.39 is 5.91 Å². The summed E-state index contributed by atoms with van der Waals surface area (Å²) in [6, 6.07) is 10.0. The maximum atomic E-state index is 13.7. The number of hydrogen-bond acceptors (Lipinski definition) is 7. The molecular formula is C22H23N5O3S2. The van der Waals surface area contributed by atoms with Gasteiger partial charge in [0.05, 0.1) is 23.3 Å². The molecule has 166 valence electrons.